The van der Waals surface area contributed by atoms with E-state index >= 15 is 0 Å². The second kappa shape index (κ2) is 8.54. The summed E-state index contributed by atoms with van der Waals surface area (Å²) in [6.07, 6.45) is 0. The lowest BCUT2D eigenvalue weighted by molar-refractivity contribution is 1.15. The number of benzene rings is 4. The van der Waals surface area contributed by atoms with Gasteiger partial charge in [-0.2, -0.15) is 0 Å². The summed E-state index contributed by atoms with van der Waals surface area (Å²) < 4.78 is 0. The van der Waals surface area contributed by atoms with Gasteiger partial charge in [0.25, 0.3) is 0 Å². The molecule has 1 heteroatoms. The maximum Gasteiger partial charge on any atom is 0.0400 e. The predicted octanol–water partition coefficient (Wildman–Crippen LogP) is 6.14. The smallest absolute Gasteiger partial charge is 0.0400 e. The lowest BCUT2D eigenvalue weighted by atomic mass is 10.1. The lowest BCUT2D eigenvalue weighted by Gasteiger charge is -2.07. The molecule has 0 saturated carbocycles. The third-order valence-corrected chi connectivity index (χ3v) is 3.76. The van der Waals surface area contributed by atoms with Crippen molar-refractivity contribution < 1.29 is 0 Å². The highest BCUT2D eigenvalue weighted by Gasteiger charge is 1.96. The summed E-state index contributed by atoms with van der Waals surface area (Å²) in [7, 11) is 0. The summed E-state index contributed by atoms with van der Waals surface area (Å²) in [5.41, 5.74) is 2.46. The van der Waals surface area contributed by atoms with Crippen LogP contribution in [0.1, 0.15) is 5.56 Å². The van der Waals surface area contributed by atoms with Crippen molar-refractivity contribution in [2.45, 2.75) is 6.54 Å². The van der Waals surface area contributed by atoms with Gasteiger partial charge in [0.2, 0.25) is 0 Å². The van der Waals surface area contributed by atoms with Crippen LogP contribution in [0.2, 0.25) is 0 Å². The van der Waals surface area contributed by atoms with Crippen molar-refractivity contribution in [3.8, 4) is 0 Å². The zero-order chi connectivity index (χ0) is 16.5. The van der Waals surface area contributed by atoms with Crippen LogP contribution in [-0.4, -0.2) is 0 Å². The van der Waals surface area contributed by atoms with Gasteiger partial charge in [-0.05, 0) is 28.5 Å². The molecule has 1 nitrogen and oxygen atoms in total. The number of hydrogen-bond acceptors (Lipinski definition) is 1. The van der Waals surface area contributed by atoms with Gasteiger partial charge in [-0.15, -0.1) is 0 Å². The zero-order valence-corrected chi connectivity index (χ0v) is 13.6. The van der Waals surface area contributed by atoms with Crippen LogP contribution in [0.5, 0.6) is 0 Å². The van der Waals surface area contributed by atoms with Crippen LogP contribution in [0, 0.1) is 0 Å². The molecule has 4 aromatic rings. The van der Waals surface area contributed by atoms with Gasteiger partial charge in [0.05, 0.1) is 0 Å². The maximum absolute atomic E-state index is 3.45. The fourth-order valence-corrected chi connectivity index (χ4v) is 2.48. The Labute approximate surface area is 143 Å². The second-order valence-electron chi connectivity index (χ2n) is 5.56. The van der Waals surface area contributed by atoms with Crippen molar-refractivity contribution >= 4 is 16.5 Å². The van der Waals surface area contributed by atoms with Gasteiger partial charge in [0.1, 0.15) is 0 Å². The van der Waals surface area contributed by atoms with E-state index in [4.69, 9.17) is 0 Å². The van der Waals surface area contributed by atoms with E-state index in [0.717, 1.165) is 12.2 Å². The van der Waals surface area contributed by atoms with Crippen molar-refractivity contribution in [2.75, 3.05) is 5.32 Å². The maximum atomic E-state index is 3.45. The van der Waals surface area contributed by atoms with E-state index in [1.165, 1.54) is 16.3 Å². The SMILES string of the molecule is c1ccc(CNc2ccc3ccccc3c2)cc1.c1ccccc1. The number of hydrogen-bond donors (Lipinski definition) is 1. The van der Waals surface area contributed by atoms with Crippen molar-refractivity contribution in [3.05, 3.63) is 115 Å². The van der Waals surface area contributed by atoms with Crippen LogP contribution in [0.3, 0.4) is 0 Å². The van der Waals surface area contributed by atoms with E-state index in [9.17, 15) is 0 Å². The molecule has 0 aliphatic heterocycles. The lowest BCUT2D eigenvalue weighted by Crippen LogP contribution is -1.98. The van der Waals surface area contributed by atoms with Crippen molar-refractivity contribution in [1.29, 1.82) is 0 Å². The Kier molecular flexibility index (Phi) is 5.63. The Morgan fingerprint density at radius 1 is 0.500 bits per heavy atom. The minimum Gasteiger partial charge on any atom is -0.381 e. The molecule has 0 saturated heterocycles. The molecule has 118 valence electrons. The summed E-state index contributed by atoms with van der Waals surface area (Å²) in [5.74, 6) is 0. The molecule has 0 bridgehead atoms. The molecule has 0 aromatic heterocycles. The Hall–Kier alpha value is -3.06. The summed E-state index contributed by atoms with van der Waals surface area (Å²) in [4.78, 5) is 0. The van der Waals surface area contributed by atoms with Gasteiger partial charge >= 0.3 is 0 Å². The van der Waals surface area contributed by atoms with E-state index in [1.54, 1.807) is 0 Å². The Balaban J connectivity index is 0.000000238. The van der Waals surface area contributed by atoms with Crippen LogP contribution in [0.4, 0.5) is 5.69 Å². The molecule has 0 atom stereocenters. The van der Waals surface area contributed by atoms with E-state index in [1.807, 2.05) is 42.5 Å². The molecule has 0 aliphatic carbocycles. The monoisotopic (exact) mass is 311 g/mol. The fourth-order valence-electron chi connectivity index (χ4n) is 2.48. The topological polar surface area (TPSA) is 12.0 Å². The second-order valence-corrected chi connectivity index (χ2v) is 5.56. The predicted molar refractivity (Wildman–Crippen MR) is 104 cm³/mol. The number of rotatable bonds is 3. The fraction of sp³-hybridized carbons (Fsp3) is 0.0435. The highest BCUT2D eigenvalue weighted by molar-refractivity contribution is 5.85. The third-order valence-electron chi connectivity index (χ3n) is 3.76. The first kappa shape index (κ1) is 15.8. The van der Waals surface area contributed by atoms with Crippen LogP contribution >= 0.6 is 0 Å². The molecule has 0 fully saturated rings. The average molecular weight is 311 g/mol. The Morgan fingerprint density at radius 2 is 1.04 bits per heavy atom. The summed E-state index contributed by atoms with van der Waals surface area (Å²) in [5, 5.41) is 6.01. The van der Waals surface area contributed by atoms with Crippen molar-refractivity contribution in [2.24, 2.45) is 0 Å². The molecular weight excluding hydrogens is 290 g/mol. The summed E-state index contributed by atoms with van der Waals surface area (Å²) >= 11 is 0. The third kappa shape index (κ3) is 4.72. The number of nitrogens with one attached hydrogen (secondary N) is 1. The Morgan fingerprint density at radius 3 is 1.71 bits per heavy atom. The van der Waals surface area contributed by atoms with E-state index in [0.29, 0.717) is 0 Å². The van der Waals surface area contributed by atoms with Crippen LogP contribution in [0.15, 0.2) is 109 Å². The molecule has 0 spiro atoms. The molecule has 1 N–H and O–H groups in total. The number of fused-ring (bicyclic) bond motifs is 1. The van der Waals surface area contributed by atoms with Gasteiger partial charge in [0, 0.05) is 12.2 Å². The normalized spacial score (nSPS) is 9.83. The van der Waals surface area contributed by atoms with Gasteiger partial charge in [-0.25, -0.2) is 0 Å². The quantitative estimate of drug-likeness (QED) is 0.479. The molecule has 0 unspecified atom stereocenters. The minimum absolute atomic E-state index is 0.860. The van der Waals surface area contributed by atoms with E-state index in [2.05, 4.69) is 72.0 Å². The molecule has 0 aliphatic rings. The van der Waals surface area contributed by atoms with E-state index in [-0.39, 0.29) is 0 Å². The van der Waals surface area contributed by atoms with Crippen LogP contribution in [0.25, 0.3) is 10.8 Å². The molecule has 0 radical (unpaired) electrons. The highest BCUT2D eigenvalue weighted by Crippen LogP contribution is 2.19. The first-order valence-corrected chi connectivity index (χ1v) is 8.18. The van der Waals surface area contributed by atoms with Crippen molar-refractivity contribution in [3.63, 3.8) is 0 Å². The van der Waals surface area contributed by atoms with E-state index < -0.39 is 0 Å². The summed E-state index contributed by atoms with van der Waals surface area (Å²) in [6.45, 7) is 0.860. The summed E-state index contributed by atoms with van der Waals surface area (Å²) in [6, 6.07) is 37.3. The van der Waals surface area contributed by atoms with Gasteiger partial charge < -0.3 is 5.32 Å². The molecule has 4 aromatic carbocycles. The molecule has 0 amide bonds. The number of anilines is 1. The first-order valence-electron chi connectivity index (χ1n) is 8.18. The highest BCUT2D eigenvalue weighted by atomic mass is 14.9. The van der Waals surface area contributed by atoms with Crippen LogP contribution < -0.4 is 5.32 Å². The largest absolute Gasteiger partial charge is 0.381 e. The van der Waals surface area contributed by atoms with Crippen molar-refractivity contribution in [1.82, 2.24) is 0 Å². The average Bonchev–Trinajstić information content (AvgIpc) is 2.69. The Bertz CT molecular complexity index is 828. The van der Waals surface area contributed by atoms with Gasteiger partial charge in [-0.3, -0.25) is 0 Å². The van der Waals surface area contributed by atoms with Crippen LogP contribution in [-0.2, 0) is 6.54 Å². The van der Waals surface area contributed by atoms with Gasteiger partial charge in [0.15, 0.2) is 0 Å². The molecule has 4 rings (SSSR count). The molecule has 0 heterocycles. The standard InChI is InChI=1S/C17H15N.C6H6/c1-2-6-14(7-3-1)13-18-17-11-10-15-8-4-5-9-16(15)12-17;1-2-4-6-5-3-1/h1-12,18H,13H2;1-6H. The molecule has 24 heavy (non-hydrogen) atoms. The minimum atomic E-state index is 0.860. The molecular formula is C23H21N. The zero-order valence-electron chi connectivity index (χ0n) is 13.6. The first-order chi connectivity index (χ1) is 11.9. The van der Waals surface area contributed by atoms with Gasteiger partial charge in [-0.1, -0.05) is 97.1 Å².